The first-order valence-corrected chi connectivity index (χ1v) is 8.36. The zero-order valence-electron chi connectivity index (χ0n) is 13.1. The fraction of sp³-hybridized carbons (Fsp3) is 0.875. The van der Waals surface area contributed by atoms with E-state index in [0.717, 1.165) is 12.8 Å². The average molecular weight is 296 g/mol. The lowest BCUT2D eigenvalue weighted by atomic mass is 10.1. The first-order chi connectivity index (χ1) is 10.2. The van der Waals surface area contributed by atoms with Crippen LogP contribution in [0.3, 0.4) is 0 Å². The van der Waals surface area contributed by atoms with E-state index in [-0.39, 0.29) is 24.3 Å². The molecule has 0 radical (unpaired) electrons. The van der Waals surface area contributed by atoms with Crippen LogP contribution < -0.4 is 0 Å². The van der Waals surface area contributed by atoms with Gasteiger partial charge in [0.05, 0.1) is 12.5 Å². The lowest BCUT2D eigenvalue weighted by Gasteiger charge is -2.28. The summed E-state index contributed by atoms with van der Waals surface area (Å²) in [5.41, 5.74) is 0. The van der Waals surface area contributed by atoms with E-state index in [1.807, 2.05) is 11.8 Å². The smallest absolute Gasteiger partial charge is 0.228 e. The molecule has 1 unspecified atom stereocenters. The fourth-order valence-corrected chi connectivity index (χ4v) is 3.62. The minimum atomic E-state index is -0.216. The summed E-state index contributed by atoms with van der Waals surface area (Å²) in [6, 6.07) is 0.339. The van der Waals surface area contributed by atoms with Crippen molar-refractivity contribution in [3.8, 4) is 0 Å². The second-order valence-electron chi connectivity index (χ2n) is 6.23. The van der Waals surface area contributed by atoms with Gasteiger partial charge in [-0.3, -0.25) is 9.59 Å². The van der Waals surface area contributed by atoms with Gasteiger partial charge in [-0.05, 0) is 19.8 Å². The molecule has 0 spiro atoms. The van der Waals surface area contributed by atoms with Gasteiger partial charge in [-0.25, -0.2) is 0 Å². The number of aliphatic hydroxyl groups excluding tert-OH is 1. The van der Waals surface area contributed by atoms with E-state index in [0.29, 0.717) is 32.1 Å². The van der Waals surface area contributed by atoms with Gasteiger partial charge in [-0.2, -0.15) is 0 Å². The second kappa shape index (κ2) is 7.78. The van der Waals surface area contributed by atoms with Crippen LogP contribution in [0.25, 0.3) is 0 Å². The van der Waals surface area contributed by atoms with Gasteiger partial charge in [0.1, 0.15) is 0 Å². The Kier molecular flexibility index (Phi) is 6.03. The number of likely N-dealkylation sites (N-methyl/N-ethyl adjacent to an activating group) is 1. The van der Waals surface area contributed by atoms with Crippen molar-refractivity contribution in [3.05, 3.63) is 0 Å². The first kappa shape index (κ1) is 16.3. The summed E-state index contributed by atoms with van der Waals surface area (Å²) < 4.78 is 0. The van der Waals surface area contributed by atoms with Crippen LogP contribution in [0.15, 0.2) is 0 Å². The lowest BCUT2D eigenvalue weighted by Crippen LogP contribution is -2.40. The summed E-state index contributed by atoms with van der Waals surface area (Å²) in [6.45, 7) is 3.42. The lowest BCUT2D eigenvalue weighted by molar-refractivity contribution is -0.136. The van der Waals surface area contributed by atoms with Crippen LogP contribution in [-0.2, 0) is 9.59 Å². The molecule has 5 nitrogen and oxygen atoms in total. The molecule has 2 aliphatic rings. The van der Waals surface area contributed by atoms with Crippen molar-refractivity contribution in [2.75, 3.05) is 26.2 Å². The van der Waals surface area contributed by atoms with Crippen molar-refractivity contribution < 1.29 is 14.7 Å². The van der Waals surface area contributed by atoms with E-state index >= 15 is 0 Å². The molecule has 0 aromatic rings. The molecule has 1 aliphatic heterocycles. The minimum absolute atomic E-state index is 0.0212. The highest BCUT2D eigenvalue weighted by atomic mass is 16.3. The Hall–Kier alpha value is -1.10. The van der Waals surface area contributed by atoms with E-state index in [1.54, 1.807) is 4.90 Å². The van der Waals surface area contributed by atoms with Crippen LogP contribution in [0, 0.1) is 5.92 Å². The van der Waals surface area contributed by atoms with Crippen LogP contribution in [0.1, 0.15) is 51.9 Å². The molecule has 2 fully saturated rings. The second-order valence-corrected chi connectivity index (χ2v) is 6.23. The van der Waals surface area contributed by atoms with E-state index < -0.39 is 0 Å². The molecule has 1 atom stereocenters. The maximum atomic E-state index is 12.4. The first-order valence-electron chi connectivity index (χ1n) is 8.36. The molecule has 1 aliphatic carbocycles. The Morgan fingerprint density at radius 2 is 1.95 bits per heavy atom. The molecule has 21 heavy (non-hydrogen) atoms. The van der Waals surface area contributed by atoms with Gasteiger partial charge in [0.15, 0.2) is 0 Å². The number of rotatable bonds is 5. The average Bonchev–Trinajstić information content (AvgIpc) is 2.71. The summed E-state index contributed by atoms with van der Waals surface area (Å²) in [5.74, 6) is -0.0522. The van der Waals surface area contributed by atoms with Crippen LogP contribution >= 0.6 is 0 Å². The summed E-state index contributed by atoms with van der Waals surface area (Å²) in [4.78, 5) is 28.3. The third kappa shape index (κ3) is 3.96. The summed E-state index contributed by atoms with van der Waals surface area (Å²) in [5, 5.41) is 9.03. The van der Waals surface area contributed by atoms with Gasteiger partial charge < -0.3 is 14.9 Å². The van der Waals surface area contributed by atoms with Gasteiger partial charge in [-0.15, -0.1) is 0 Å². The predicted octanol–water partition coefficient (Wildman–Crippen LogP) is 1.40. The monoisotopic (exact) mass is 296 g/mol. The molecule has 1 heterocycles. The van der Waals surface area contributed by atoms with Crippen molar-refractivity contribution in [1.29, 1.82) is 0 Å². The number of nitrogens with zero attached hydrogens (tertiary/aromatic N) is 2. The summed E-state index contributed by atoms with van der Waals surface area (Å²) in [6.07, 6.45) is 7.43. The van der Waals surface area contributed by atoms with E-state index in [9.17, 15) is 9.59 Å². The molecule has 1 saturated heterocycles. The maximum Gasteiger partial charge on any atom is 0.228 e. The number of carbonyl (C=O) groups is 2. The fourth-order valence-electron chi connectivity index (χ4n) is 3.62. The zero-order chi connectivity index (χ0) is 15.2. The van der Waals surface area contributed by atoms with Crippen molar-refractivity contribution in [2.45, 2.75) is 57.9 Å². The highest BCUT2D eigenvalue weighted by molar-refractivity contribution is 5.89. The normalized spacial score (nSPS) is 24.2. The van der Waals surface area contributed by atoms with Crippen molar-refractivity contribution in [3.63, 3.8) is 0 Å². The molecule has 1 N–H and O–H groups in total. The molecule has 5 heteroatoms. The van der Waals surface area contributed by atoms with Gasteiger partial charge in [-0.1, -0.05) is 25.7 Å². The number of hydrogen-bond acceptors (Lipinski definition) is 3. The molecule has 1 saturated carbocycles. The molecule has 0 aromatic heterocycles. The van der Waals surface area contributed by atoms with Gasteiger partial charge >= 0.3 is 0 Å². The highest BCUT2D eigenvalue weighted by Gasteiger charge is 2.39. The predicted molar refractivity (Wildman–Crippen MR) is 80.6 cm³/mol. The molecular formula is C16H28N2O3. The van der Waals surface area contributed by atoms with Crippen molar-refractivity contribution >= 4 is 11.8 Å². The number of carbonyl (C=O) groups excluding carboxylic acids is 2. The van der Waals surface area contributed by atoms with Crippen molar-refractivity contribution in [2.24, 2.45) is 5.92 Å². The number of likely N-dealkylation sites (tertiary alicyclic amines) is 1. The Bertz CT molecular complexity index is 365. The Labute approximate surface area is 127 Å². The molecule has 120 valence electrons. The molecule has 2 rings (SSSR count). The van der Waals surface area contributed by atoms with Gasteiger partial charge in [0.2, 0.25) is 11.8 Å². The maximum absolute atomic E-state index is 12.4. The highest BCUT2D eigenvalue weighted by Crippen LogP contribution is 2.28. The van der Waals surface area contributed by atoms with Crippen molar-refractivity contribution in [1.82, 2.24) is 9.80 Å². The van der Waals surface area contributed by atoms with Crippen LogP contribution in [0.2, 0.25) is 0 Å². The molecule has 0 aromatic carbocycles. The Morgan fingerprint density at radius 3 is 2.52 bits per heavy atom. The van der Waals surface area contributed by atoms with Crippen LogP contribution in [0.4, 0.5) is 0 Å². The number of hydrogen-bond donors (Lipinski definition) is 1. The number of amides is 2. The Balaban J connectivity index is 1.96. The van der Waals surface area contributed by atoms with Gasteiger partial charge in [0.25, 0.3) is 0 Å². The summed E-state index contributed by atoms with van der Waals surface area (Å²) >= 11 is 0. The minimum Gasteiger partial charge on any atom is -0.395 e. The summed E-state index contributed by atoms with van der Waals surface area (Å²) in [7, 11) is 0. The molecule has 0 bridgehead atoms. The quantitative estimate of drug-likeness (QED) is 0.780. The molecule has 2 amide bonds. The van der Waals surface area contributed by atoms with Crippen LogP contribution in [0.5, 0.6) is 0 Å². The van der Waals surface area contributed by atoms with Gasteiger partial charge in [0, 0.05) is 32.1 Å². The largest absolute Gasteiger partial charge is 0.395 e. The van der Waals surface area contributed by atoms with E-state index in [1.165, 1.54) is 25.7 Å². The zero-order valence-corrected chi connectivity index (χ0v) is 13.1. The standard InChI is InChI=1S/C16H28N2O3/c1-2-17(9-10-19)16(21)13-11-15(20)18(12-13)14-7-5-3-4-6-8-14/h13-14,19H,2-12H2,1H3. The van der Waals surface area contributed by atoms with E-state index in [4.69, 9.17) is 5.11 Å². The van der Waals surface area contributed by atoms with Crippen LogP contribution in [-0.4, -0.2) is 59.0 Å². The molecular weight excluding hydrogens is 268 g/mol. The third-order valence-electron chi connectivity index (χ3n) is 4.84. The third-order valence-corrected chi connectivity index (χ3v) is 4.84. The SMILES string of the molecule is CCN(CCO)C(=O)C1CC(=O)N(C2CCCCCC2)C1. The number of aliphatic hydroxyl groups is 1. The topological polar surface area (TPSA) is 60.9 Å². The Morgan fingerprint density at radius 1 is 1.29 bits per heavy atom. The van der Waals surface area contributed by atoms with E-state index in [2.05, 4.69) is 0 Å².